The number of amides is 1. The highest BCUT2D eigenvalue weighted by molar-refractivity contribution is 6.11. The Balaban J connectivity index is 1.29. The van der Waals surface area contributed by atoms with E-state index in [0.717, 1.165) is 43.0 Å². The lowest BCUT2D eigenvalue weighted by molar-refractivity contribution is 0.00590. The fourth-order valence-electron chi connectivity index (χ4n) is 6.72. The van der Waals surface area contributed by atoms with Crippen LogP contribution < -0.4 is 0 Å². The van der Waals surface area contributed by atoms with Gasteiger partial charge in [0.05, 0.1) is 17.5 Å². The second kappa shape index (κ2) is 9.50. The van der Waals surface area contributed by atoms with Crippen molar-refractivity contribution in [3.05, 3.63) is 93.6 Å². The number of aliphatic hydroxyl groups excluding tert-OH is 1. The van der Waals surface area contributed by atoms with Crippen LogP contribution in [0.5, 0.6) is 0 Å². The topological polar surface area (TPSA) is 52.9 Å². The number of hydrogen-bond donors (Lipinski definition) is 1. The minimum absolute atomic E-state index is 0.0189. The highest BCUT2D eigenvalue weighted by Crippen LogP contribution is 2.48. The Labute approximate surface area is 225 Å². The Kier molecular flexibility index (Phi) is 5.96. The predicted octanol–water partition coefficient (Wildman–Crippen LogP) is 6.91. The van der Waals surface area contributed by atoms with Crippen molar-refractivity contribution in [2.45, 2.75) is 70.3 Å². The molecule has 1 saturated heterocycles. The van der Waals surface area contributed by atoms with Gasteiger partial charge in [-0.25, -0.2) is 4.99 Å². The van der Waals surface area contributed by atoms with Crippen LogP contribution >= 0.6 is 0 Å². The van der Waals surface area contributed by atoms with Gasteiger partial charge in [-0.15, -0.1) is 0 Å². The number of carbonyl (C=O) groups is 1. The van der Waals surface area contributed by atoms with Crippen molar-refractivity contribution in [1.82, 2.24) is 4.90 Å². The largest absolute Gasteiger partial charge is 0.389 e. The predicted molar refractivity (Wildman–Crippen MR) is 153 cm³/mol. The maximum Gasteiger partial charge on any atom is 0.254 e. The summed E-state index contributed by atoms with van der Waals surface area (Å²) in [6, 6.07) is 13.0. The molecule has 1 amide bonds. The summed E-state index contributed by atoms with van der Waals surface area (Å²) < 4.78 is 0. The van der Waals surface area contributed by atoms with Crippen LogP contribution in [0.25, 0.3) is 5.57 Å². The first-order valence-corrected chi connectivity index (χ1v) is 14.5. The first-order valence-electron chi connectivity index (χ1n) is 14.5. The number of likely N-dealkylation sites (tertiary alicyclic amines) is 1. The van der Waals surface area contributed by atoms with Crippen LogP contribution in [0.1, 0.15) is 90.4 Å². The molecule has 1 atom stereocenters. The molecule has 0 spiro atoms. The number of nitrogens with zero attached hydrogens (tertiary/aromatic N) is 2. The summed E-state index contributed by atoms with van der Waals surface area (Å²) in [5.74, 6) is 1.30. The molecule has 2 aromatic carbocycles. The molecule has 1 unspecified atom stereocenters. The van der Waals surface area contributed by atoms with Crippen molar-refractivity contribution in [1.29, 1.82) is 0 Å². The summed E-state index contributed by atoms with van der Waals surface area (Å²) in [4.78, 5) is 19.9. The van der Waals surface area contributed by atoms with Gasteiger partial charge in [-0.3, -0.25) is 4.79 Å². The van der Waals surface area contributed by atoms with Gasteiger partial charge in [-0.2, -0.15) is 0 Å². The zero-order valence-electron chi connectivity index (χ0n) is 22.2. The Morgan fingerprint density at radius 1 is 1.13 bits per heavy atom. The van der Waals surface area contributed by atoms with Gasteiger partial charge in [0.2, 0.25) is 0 Å². The highest BCUT2D eigenvalue weighted by Gasteiger charge is 2.32. The Hall–Kier alpha value is -3.24. The maximum absolute atomic E-state index is 13.0. The Morgan fingerprint density at radius 2 is 2.00 bits per heavy atom. The summed E-state index contributed by atoms with van der Waals surface area (Å²) in [6.45, 7) is 3.11. The van der Waals surface area contributed by atoms with Gasteiger partial charge in [-0.05, 0) is 103 Å². The molecule has 2 aliphatic heterocycles. The molecular formula is C34H36N2O2. The molecular weight excluding hydrogens is 468 g/mol. The molecule has 2 aromatic rings. The number of allylic oxidation sites excluding steroid dienone is 6. The summed E-state index contributed by atoms with van der Waals surface area (Å²) in [6.07, 6.45) is 15.9. The molecule has 0 aromatic heterocycles. The van der Waals surface area contributed by atoms with E-state index in [1.54, 1.807) is 4.90 Å². The molecule has 2 fully saturated rings. The van der Waals surface area contributed by atoms with Crippen molar-refractivity contribution in [2.24, 2.45) is 10.9 Å². The Bertz CT molecular complexity index is 1430. The molecule has 1 saturated carbocycles. The number of hydrogen-bond acceptors (Lipinski definition) is 3. The smallest absolute Gasteiger partial charge is 0.254 e. The van der Waals surface area contributed by atoms with Crippen LogP contribution in [0, 0.1) is 5.92 Å². The second-order valence-corrected chi connectivity index (χ2v) is 11.8. The summed E-state index contributed by atoms with van der Waals surface area (Å²) in [5.41, 5.74) is 12.3. The normalized spacial score (nSPS) is 22.3. The van der Waals surface area contributed by atoms with Crippen LogP contribution in [0.4, 0.5) is 5.69 Å². The highest BCUT2D eigenvalue weighted by atomic mass is 16.3. The van der Waals surface area contributed by atoms with E-state index in [1.165, 1.54) is 64.7 Å². The first kappa shape index (κ1) is 23.8. The van der Waals surface area contributed by atoms with Crippen molar-refractivity contribution in [3.63, 3.8) is 0 Å². The van der Waals surface area contributed by atoms with Crippen molar-refractivity contribution in [2.75, 3.05) is 13.1 Å². The number of rotatable bonds is 6. The lowest BCUT2D eigenvalue weighted by Crippen LogP contribution is -2.53. The van der Waals surface area contributed by atoms with E-state index < -0.39 is 6.10 Å². The van der Waals surface area contributed by atoms with Crippen molar-refractivity contribution in [3.8, 4) is 0 Å². The lowest BCUT2D eigenvalue weighted by atomic mass is 9.89. The zero-order chi connectivity index (χ0) is 25.8. The molecule has 3 aliphatic carbocycles. The molecule has 7 rings (SSSR count). The minimum Gasteiger partial charge on any atom is -0.389 e. The quantitative estimate of drug-likeness (QED) is 0.465. The van der Waals surface area contributed by atoms with Gasteiger partial charge in [-0.1, -0.05) is 49.3 Å². The van der Waals surface area contributed by atoms with Gasteiger partial charge in [0.1, 0.15) is 0 Å². The monoisotopic (exact) mass is 504 g/mol. The van der Waals surface area contributed by atoms with E-state index in [2.05, 4.69) is 49.4 Å². The molecule has 4 heteroatoms. The third kappa shape index (κ3) is 4.29. The molecule has 4 nitrogen and oxygen atoms in total. The third-order valence-electron chi connectivity index (χ3n) is 8.94. The van der Waals surface area contributed by atoms with Crippen molar-refractivity contribution < 1.29 is 9.90 Å². The van der Waals surface area contributed by atoms with Gasteiger partial charge < -0.3 is 10.0 Å². The van der Waals surface area contributed by atoms with Crippen LogP contribution in [0.2, 0.25) is 0 Å². The zero-order valence-corrected chi connectivity index (χ0v) is 22.2. The van der Waals surface area contributed by atoms with Crippen LogP contribution in [0.15, 0.2) is 70.8 Å². The number of β-amino-alcohol motifs (C(OH)–C–C–N with tert-alkyl or cyclic N) is 1. The maximum atomic E-state index is 13.0. The number of aliphatic hydroxyl groups is 1. The van der Waals surface area contributed by atoms with Gasteiger partial charge >= 0.3 is 0 Å². The molecule has 1 N–H and O–H groups in total. The van der Waals surface area contributed by atoms with Gasteiger partial charge in [0.15, 0.2) is 0 Å². The average Bonchev–Trinajstić information content (AvgIpc) is 3.71. The van der Waals surface area contributed by atoms with E-state index in [1.807, 2.05) is 12.1 Å². The second-order valence-electron chi connectivity index (χ2n) is 11.8. The third-order valence-corrected chi connectivity index (χ3v) is 8.94. The molecule has 38 heavy (non-hydrogen) atoms. The summed E-state index contributed by atoms with van der Waals surface area (Å²) in [5, 5.41) is 9.67. The summed E-state index contributed by atoms with van der Waals surface area (Å²) >= 11 is 0. The number of aliphatic imine (C=N–C) groups is 1. The number of fused-ring (bicyclic) bond motifs is 3. The summed E-state index contributed by atoms with van der Waals surface area (Å²) in [7, 11) is 0. The minimum atomic E-state index is -0.398. The van der Waals surface area contributed by atoms with Crippen molar-refractivity contribution >= 4 is 22.9 Å². The van der Waals surface area contributed by atoms with Crippen LogP contribution in [-0.2, 0) is 6.42 Å². The fraction of sp³-hybridized carbons (Fsp3) is 0.412. The molecule has 2 heterocycles. The Morgan fingerprint density at radius 3 is 2.79 bits per heavy atom. The molecule has 0 bridgehead atoms. The standard InChI is InChI=1S/C34H36N2O2/c1-2-5-27-28-6-3-4-7-29(28)31-17-24(12-13-30(27)31)32-16-22(14-21-8-9-21)15-23-10-11-25(18-33(23)35-32)34(38)36-19-26(37)20-36/h3,6,10-13,16-18,21,26-27,37H,2,4-5,7-9,14-15,19-20H2,1H3. The van der Waals surface area contributed by atoms with E-state index >= 15 is 0 Å². The van der Waals surface area contributed by atoms with Crippen LogP contribution in [-0.4, -0.2) is 40.8 Å². The van der Waals surface area contributed by atoms with E-state index in [4.69, 9.17) is 4.99 Å². The number of benzene rings is 2. The van der Waals surface area contributed by atoms with E-state index in [9.17, 15) is 9.90 Å². The molecule has 5 aliphatic rings. The molecule has 194 valence electrons. The van der Waals surface area contributed by atoms with E-state index in [0.29, 0.717) is 24.6 Å². The number of carbonyl (C=O) groups excluding carboxylic acids is 1. The first-order chi connectivity index (χ1) is 18.6. The fourth-order valence-corrected chi connectivity index (χ4v) is 6.72. The average molecular weight is 505 g/mol. The van der Waals surface area contributed by atoms with Gasteiger partial charge in [0, 0.05) is 30.1 Å². The van der Waals surface area contributed by atoms with E-state index in [-0.39, 0.29) is 5.91 Å². The van der Waals surface area contributed by atoms with Gasteiger partial charge in [0.25, 0.3) is 5.91 Å². The molecule has 0 radical (unpaired) electrons. The van der Waals surface area contributed by atoms with Crippen LogP contribution in [0.3, 0.4) is 0 Å². The SMILES string of the molecule is CCCC1C2=C(CCC=C2)c2cc(C3=Nc4cc(C(=O)N5CC(O)C5)ccc4CC(CC4CC4)=C3)ccc21. The lowest BCUT2D eigenvalue weighted by Gasteiger charge is -2.35.